The van der Waals surface area contributed by atoms with Crippen LogP contribution in [0.2, 0.25) is 0 Å². The van der Waals surface area contributed by atoms with E-state index in [2.05, 4.69) is 0 Å². The fourth-order valence-electron chi connectivity index (χ4n) is 1.02. The molecule has 0 aliphatic heterocycles. The van der Waals surface area contributed by atoms with Gasteiger partial charge in [-0.1, -0.05) is 20.3 Å². The molecular weight excluding hydrogens is 191 g/mol. The van der Waals surface area contributed by atoms with E-state index in [0.717, 1.165) is 19.3 Å². The molecule has 0 spiro atoms. The molecular formula is C8H17O4P. The van der Waals surface area contributed by atoms with Crippen molar-refractivity contribution >= 4 is 14.0 Å². The minimum Gasteiger partial charge on any atom is -0.481 e. The lowest BCUT2D eigenvalue weighted by atomic mass is 10.2. The Hall–Kier alpha value is -0.340. The van der Waals surface area contributed by atoms with Crippen molar-refractivity contribution in [2.75, 3.05) is 6.16 Å². The lowest BCUT2D eigenvalue weighted by Crippen LogP contribution is -2.09. The van der Waals surface area contributed by atoms with Crippen molar-refractivity contribution in [3.8, 4) is 0 Å². The Balaban J connectivity index is 3.79. The molecule has 2 unspecified atom stereocenters. The van der Waals surface area contributed by atoms with Gasteiger partial charge in [0, 0.05) is 0 Å². The summed E-state index contributed by atoms with van der Waals surface area (Å²) in [5.41, 5.74) is 0. The van der Waals surface area contributed by atoms with Crippen LogP contribution in [0, 0.1) is 0 Å². The maximum absolute atomic E-state index is 11.1. The quantitative estimate of drug-likeness (QED) is 0.651. The molecule has 0 saturated heterocycles. The number of rotatable bonds is 7. The van der Waals surface area contributed by atoms with Crippen molar-refractivity contribution in [2.45, 2.75) is 39.2 Å². The Kier molecular flexibility index (Phi) is 6.92. The molecule has 0 aromatic carbocycles. The summed E-state index contributed by atoms with van der Waals surface area (Å²) in [4.78, 5) is 10.2. The van der Waals surface area contributed by atoms with E-state index in [-0.39, 0.29) is 12.3 Å². The highest BCUT2D eigenvalue weighted by Gasteiger charge is 2.12. The molecule has 78 valence electrons. The zero-order valence-corrected chi connectivity index (χ0v) is 9.08. The monoisotopic (exact) mass is 208 g/mol. The molecule has 0 rings (SSSR count). The van der Waals surface area contributed by atoms with Crippen LogP contribution in [0.15, 0.2) is 0 Å². The fourth-order valence-corrected chi connectivity index (χ4v) is 2.01. The highest BCUT2D eigenvalue weighted by Crippen LogP contribution is 2.26. The van der Waals surface area contributed by atoms with Crippen molar-refractivity contribution in [2.24, 2.45) is 0 Å². The fraction of sp³-hybridized carbons (Fsp3) is 0.875. The van der Waals surface area contributed by atoms with Gasteiger partial charge in [-0.05, 0) is 12.8 Å². The first-order valence-corrected chi connectivity index (χ1v) is 6.03. The molecule has 0 saturated carbocycles. The second kappa shape index (κ2) is 7.10. The molecule has 0 aliphatic carbocycles. The number of aliphatic carboxylic acids is 1. The van der Waals surface area contributed by atoms with Crippen molar-refractivity contribution < 1.29 is 19.0 Å². The van der Waals surface area contributed by atoms with Gasteiger partial charge >= 0.3 is 5.97 Å². The van der Waals surface area contributed by atoms with Crippen molar-refractivity contribution in [3.05, 3.63) is 0 Å². The van der Waals surface area contributed by atoms with Gasteiger partial charge in [0.15, 0.2) is 0 Å². The van der Waals surface area contributed by atoms with E-state index in [1.807, 2.05) is 13.8 Å². The van der Waals surface area contributed by atoms with E-state index in [1.165, 1.54) is 0 Å². The summed E-state index contributed by atoms with van der Waals surface area (Å²) in [7, 11) is -2.37. The van der Waals surface area contributed by atoms with E-state index in [0.29, 0.717) is 0 Å². The lowest BCUT2D eigenvalue weighted by Gasteiger charge is -2.13. The number of carboxylic acid groups (broad SMARTS) is 1. The summed E-state index contributed by atoms with van der Waals surface area (Å²) in [5, 5.41) is 8.34. The first kappa shape index (κ1) is 12.7. The second-order valence-corrected chi connectivity index (χ2v) is 4.21. The molecule has 2 atom stereocenters. The minimum absolute atomic E-state index is 0.0456. The Labute approximate surface area is 79.2 Å². The first-order valence-electron chi connectivity index (χ1n) is 4.51. The predicted molar refractivity (Wildman–Crippen MR) is 51.6 cm³/mol. The normalized spacial score (nSPS) is 15.2. The summed E-state index contributed by atoms with van der Waals surface area (Å²) < 4.78 is 16.2. The Morgan fingerprint density at radius 2 is 2.15 bits per heavy atom. The van der Waals surface area contributed by atoms with Crippen LogP contribution in [0.3, 0.4) is 0 Å². The summed E-state index contributed by atoms with van der Waals surface area (Å²) >= 11 is 0. The molecule has 0 amide bonds. The van der Waals surface area contributed by atoms with Crippen LogP contribution in [-0.2, 0) is 13.9 Å². The largest absolute Gasteiger partial charge is 0.481 e. The maximum Gasteiger partial charge on any atom is 0.312 e. The van der Waals surface area contributed by atoms with Gasteiger partial charge in [-0.15, -0.1) is 0 Å². The van der Waals surface area contributed by atoms with E-state index in [4.69, 9.17) is 9.63 Å². The molecule has 4 nitrogen and oxygen atoms in total. The Bertz CT molecular complexity index is 181. The van der Waals surface area contributed by atoms with Crippen LogP contribution in [0.1, 0.15) is 33.1 Å². The van der Waals surface area contributed by atoms with Crippen LogP contribution in [0.4, 0.5) is 0 Å². The second-order valence-electron chi connectivity index (χ2n) is 2.88. The minimum atomic E-state index is -2.37. The number of hydrogen-bond donors (Lipinski definition) is 1. The molecule has 0 aromatic heterocycles. The van der Waals surface area contributed by atoms with Gasteiger partial charge in [0.2, 0.25) is 8.03 Å². The van der Waals surface area contributed by atoms with Crippen LogP contribution < -0.4 is 0 Å². The van der Waals surface area contributed by atoms with E-state index >= 15 is 0 Å². The average Bonchev–Trinajstić information content (AvgIpc) is 2.02. The molecule has 1 N–H and O–H groups in total. The molecule has 5 heteroatoms. The first-order chi connectivity index (χ1) is 6.10. The van der Waals surface area contributed by atoms with Crippen LogP contribution in [0.5, 0.6) is 0 Å². The Morgan fingerprint density at radius 3 is 2.54 bits per heavy atom. The Morgan fingerprint density at radius 1 is 1.54 bits per heavy atom. The van der Waals surface area contributed by atoms with Gasteiger partial charge < -0.3 is 9.63 Å². The van der Waals surface area contributed by atoms with Crippen molar-refractivity contribution in [3.63, 3.8) is 0 Å². The average molecular weight is 208 g/mol. The summed E-state index contributed by atoms with van der Waals surface area (Å²) in [6, 6.07) is 0. The third kappa shape index (κ3) is 6.79. The highest BCUT2D eigenvalue weighted by atomic mass is 31.1. The molecule has 0 radical (unpaired) electrons. The van der Waals surface area contributed by atoms with Gasteiger partial charge in [-0.3, -0.25) is 9.36 Å². The summed E-state index contributed by atoms with van der Waals surface area (Å²) in [5.74, 6) is -1.06. The van der Waals surface area contributed by atoms with Gasteiger partial charge in [-0.2, -0.15) is 0 Å². The summed E-state index contributed by atoms with van der Waals surface area (Å²) in [6.45, 7) is 3.96. The van der Waals surface area contributed by atoms with E-state index in [9.17, 15) is 9.36 Å². The predicted octanol–water partition coefficient (Wildman–Crippen LogP) is 2.14. The summed E-state index contributed by atoms with van der Waals surface area (Å²) in [6.07, 6.45) is 2.18. The van der Waals surface area contributed by atoms with Crippen LogP contribution in [-0.4, -0.2) is 23.3 Å². The zero-order valence-electron chi connectivity index (χ0n) is 8.08. The van der Waals surface area contributed by atoms with Gasteiger partial charge in [0.05, 0.1) is 6.10 Å². The van der Waals surface area contributed by atoms with Gasteiger partial charge in [-0.25, -0.2) is 0 Å². The molecule has 0 bridgehead atoms. The van der Waals surface area contributed by atoms with Crippen molar-refractivity contribution in [1.29, 1.82) is 0 Å². The van der Waals surface area contributed by atoms with E-state index < -0.39 is 14.0 Å². The maximum atomic E-state index is 11.1. The third-order valence-electron chi connectivity index (χ3n) is 1.66. The SMILES string of the molecule is CCCC(CC)O[PH](=O)CC(=O)O. The molecule has 0 fully saturated rings. The molecule has 13 heavy (non-hydrogen) atoms. The lowest BCUT2D eigenvalue weighted by molar-refractivity contribution is -0.134. The number of hydrogen-bond acceptors (Lipinski definition) is 3. The van der Waals surface area contributed by atoms with Gasteiger partial charge in [0.25, 0.3) is 0 Å². The third-order valence-corrected chi connectivity index (χ3v) is 2.85. The standard InChI is InChI=1S/C8H17O4P/c1-3-5-7(4-2)12-13(11)6-8(9)10/h7,13H,3-6H2,1-2H3,(H,9,10). The van der Waals surface area contributed by atoms with Crippen molar-refractivity contribution in [1.82, 2.24) is 0 Å². The molecule has 0 heterocycles. The highest BCUT2D eigenvalue weighted by molar-refractivity contribution is 7.40. The number of carboxylic acids is 1. The topological polar surface area (TPSA) is 63.6 Å². The van der Waals surface area contributed by atoms with Crippen LogP contribution in [0.25, 0.3) is 0 Å². The molecule has 0 aromatic rings. The molecule has 0 aliphatic rings. The number of carbonyl (C=O) groups is 1. The zero-order chi connectivity index (χ0) is 10.3. The van der Waals surface area contributed by atoms with Crippen LogP contribution >= 0.6 is 8.03 Å². The smallest absolute Gasteiger partial charge is 0.312 e. The van der Waals surface area contributed by atoms with E-state index in [1.54, 1.807) is 0 Å². The van der Waals surface area contributed by atoms with Gasteiger partial charge in [0.1, 0.15) is 6.16 Å².